The van der Waals surface area contributed by atoms with Crippen molar-refractivity contribution in [3.63, 3.8) is 0 Å². The molecule has 0 bridgehead atoms. The molecule has 3 aromatic rings. The Morgan fingerprint density at radius 2 is 1.68 bits per heavy atom. The molecule has 5 rings (SSSR count). The largest absolute Gasteiger partial charge is 0.387 e. The summed E-state index contributed by atoms with van der Waals surface area (Å²) in [6.07, 6.45) is 0.343. The van der Waals surface area contributed by atoms with Crippen molar-refractivity contribution in [3.8, 4) is 0 Å². The third-order valence-electron chi connectivity index (χ3n) is 5.71. The van der Waals surface area contributed by atoms with E-state index in [4.69, 9.17) is 0 Å². The first-order valence-electron chi connectivity index (χ1n) is 8.99. The average molecular weight is 370 g/mol. The predicted octanol–water partition coefficient (Wildman–Crippen LogP) is 4.27. The number of Topliss-reactive ketones (excluding diaryl/α,β-unsaturated/α-hetero) is 2. The van der Waals surface area contributed by atoms with Crippen molar-refractivity contribution in [2.24, 2.45) is 0 Å². The lowest BCUT2D eigenvalue weighted by molar-refractivity contribution is 0.0698. The fourth-order valence-electron chi connectivity index (χ4n) is 4.45. The maximum atomic E-state index is 14.1. The van der Waals surface area contributed by atoms with Gasteiger partial charge in [0.2, 0.25) is 0 Å². The zero-order chi connectivity index (χ0) is 19.5. The van der Waals surface area contributed by atoms with E-state index in [0.717, 1.165) is 0 Å². The summed E-state index contributed by atoms with van der Waals surface area (Å²) in [6.45, 7) is 0. The molecule has 4 heteroatoms. The van der Waals surface area contributed by atoms with Crippen molar-refractivity contribution < 1.29 is 19.1 Å². The molecule has 0 radical (unpaired) electrons. The van der Waals surface area contributed by atoms with Gasteiger partial charge in [0.15, 0.2) is 11.6 Å². The van der Waals surface area contributed by atoms with Gasteiger partial charge in [-0.15, -0.1) is 0 Å². The molecule has 2 aliphatic carbocycles. The van der Waals surface area contributed by atoms with Crippen LogP contribution < -0.4 is 0 Å². The minimum atomic E-state index is -1.63. The molecule has 0 saturated heterocycles. The van der Waals surface area contributed by atoms with Crippen molar-refractivity contribution >= 4 is 17.6 Å². The Balaban J connectivity index is 1.79. The van der Waals surface area contributed by atoms with E-state index in [-0.39, 0.29) is 17.1 Å². The van der Waals surface area contributed by atoms with Gasteiger partial charge in [-0.1, -0.05) is 60.7 Å². The minimum absolute atomic E-state index is 0.174. The Bertz CT molecular complexity index is 1180. The lowest BCUT2D eigenvalue weighted by atomic mass is 9.70. The van der Waals surface area contributed by atoms with Crippen LogP contribution in [0.4, 0.5) is 4.39 Å². The summed E-state index contributed by atoms with van der Waals surface area (Å²) >= 11 is 0. The van der Waals surface area contributed by atoms with Crippen molar-refractivity contribution in [3.05, 3.63) is 112 Å². The van der Waals surface area contributed by atoms with Crippen LogP contribution in [-0.4, -0.2) is 16.7 Å². The second-order valence-electron chi connectivity index (χ2n) is 7.11. The molecule has 136 valence electrons. The minimum Gasteiger partial charge on any atom is -0.387 e. The lowest BCUT2D eigenvalue weighted by Gasteiger charge is -2.31. The number of ketones is 2. The number of halogens is 1. The summed E-state index contributed by atoms with van der Waals surface area (Å²) in [5.74, 6) is -1.25. The zero-order valence-electron chi connectivity index (χ0n) is 14.7. The van der Waals surface area contributed by atoms with E-state index in [1.165, 1.54) is 12.1 Å². The molecule has 1 unspecified atom stereocenters. The van der Waals surface area contributed by atoms with Gasteiger partial charge in [0.1, 0.15) is 17.3 Å². The molecule has 3 nitrogen and oxygen atoms in total. The van der Waals surface area contributed by atoms with Crippen molar-refractivity contribution in [1.82, 2.24) is 0 Å². The van der Waals surface area contributed by atoms with Gasteiger partial charge in [0.05, 0.1) is 0 Å². The molecule has 1 N–H and O–H groups in total. The van der Waals surface area contributed by atoms with Crippen molar-refractivity contribution in [1.29, 1.82) is 0 Å². The Kier molecular flexibility index (Phi) is 3.48. The molecule has 0 saturated carbocycles. The highest BCUT2D eigenvalue weighted by atomic mass is 19.1. The Morgan fingerprint density at radius 1 is 0.964 bits per heavy atom. The van der Waals surface area contributed by atoms with Gasteiger partial charge in [-0.3, -0.25) is 9.59 Å². The topological polar surface area (TPSA) is 54.4 Å². The highest BCUT2D eigenvalue weighted by molar-refractivity contribution is 6.24. The van der Waals surface area contributed by atoms with E-state index in [2.05, 4.69) is 0 Å². The number of carbonyl (C=O) groups excluding carboxylic acids is 2. The van der Waals surface area contributed by atoms with Crippen LogP contribution in [0.5, 0.6) is 0 Å². The number of hydrogen-bond donors (Lipinski definition) is 1. The first-order valence-corrected chi connectivity index (χ1v) is 8.99. The van der Waals surface area contributed by atoms with Gasteiger partial charge in [-0.2, -0.15) is 0 Å². The van der Waals surface area contributed by atoms with Gasteiger partial charge in [-0.05, 0) is 34.9 Å². The van der Waals surface area contributed by atoms with Crippen molar-refractivity contribution in [2.75, 3.05) is 0 Å². The first-order chi connectivity index (χ1) is 13.5. The molecular formula is C24H15FO3. The van der Waals surface area contributed by atoms with Crippen LogP contribution in [0, 0.1) is 5.82 Å². The Labute approximate surface area is 160 Å². The van der Waals surface area contributed by atoms with Crippen LogP contribution in [-0.2, 0) is 5.41 Å². The van der Waals surface area contributed by atoms with Crippen LogP contribution in [0.2, 0.25) is 0 Å². The Morgan fingerprint density at radius 3 is 2.43 bits per heavy atom. The van der Waals surface area contributed by atoms with Crippen LogP contribution in [0.25, 0.3) is 6.08 Å². The fourth-order valence-corrected chi connectivity index (χ4v) is 4.45. The molecular weight excluding hydrogens is 355 g/mol. The highest BCUT2D eigenvalue weighted by Crippen LogP contribution is 2.57. The molecule has 3 aromatic carbocycles. The summed E-state index contributed by atoms with van der Waals surface area (Å²) in [7, 11) is 0. The van der Waals surface area contributed by atoms with Gasteiger partial charge >= 0.3 is 0 Å². The number of fused-ring (bicyclic) bond motifs is 3. The third kappa shape index (κ3) is 2.01. The number of aliphatic hydroxyl groups excluding tert-OH is 1. The molecule has 0 heterocycles. The highest BCUT2D eigenvalue weighted by Gasteiger charge is 2.60. The van der Waals surface area contributed by atoms with Gasteiger partial charge in [-0.25, -0.2) is 4.39 Å². The zero-order valence-corrected chi connectivity index (χ0v) is 14.7. The number of rotatable bonds is 2. The summed E-state index contributed by atoms with van der Waals surface area (Å²) < 4.78 is 14.1. The molecule has 2 aliphatic rings. The second kappa shape index (κ2) is 5.81. The monoisotopic (exact) mass is 370 g/mol. The van der Waals surface area contributed by atoms with Crippen LogP contribution >= 0.6 is 0 Å². The fraction of sp³-hybridized carbons (Fsp3) is 0.0833. The van der Waals surface area contributed by atoms with E-state index in [9.17, 15) is 19.1 Å². The molecule has 0 aromatic heterocycles. The summed E-state index contributed by atoms with van der Waals surface area (Å²) in [5.41, 5.74) is 0.676. The normalized spacial score (nSPS) is 22.1. The van der Waals surface area contributed by atoms with E-state index in [0.29, 0.717) is 27.8 Å². The maximum absolute atomic E-state index is 14.1. The van der Waals surface area contributed by atoms with E-state index >= 15 is 0 Å². The van der Waals surface area contributed by atoms with E-state index in [1.807, 2.05) is 0 Å². The first kappa shape index (κ1) is 16.8. The maximum Gasteiger partial charge on any atom is 0.190 e. The lowest BCUT2D eigenvalue weighted by Crippen LogP contribution is -2.39. The number of benzene rings is 3. The smallest absolute Gasteiger partial charge is 0.190 e. The molecule has 0 amide bonds. The Hall–Kier alpha value is -3.37. The third-order valence-corrected chi connectivity index (χ3v) is 5.71. The summed E-state index contributed by atoms with van der Waals surface area (Å²) in [5, 5.41) is 11.3. The molecule has 28 heavy (non-hydrogen) atoms. The van der Waals surface area contributed by atoms with Crippen LogP contribution in [0.3, 0.4) is 0 Å². The molecule has 0 fully saturated rings. The molecule has 0 aliphatic heterocycles. The standard InChI is InChI=1S/C24H15FO3/c25-16-11-10-15-12-20(21(26)14-6-2-1-3-7-14)24(19(15)13-16)22(27)17-8-4-5-9-18(17)23(24)28/h1-13,22,27H/t22?,24-/m1/s1. The molecule has 2 atom stereocenters. The SMILES string of the molecule is O=C(C1=Cc2ccc(F)cc2[C@@]12C(=O)c1ccccc1C2O)c1ccccc1. The number of hydrogen-bond acceptors (Lipinski definition) is 3. The van der Waals surface area contributed by atoms with Gasteiger partial charge in [0.25, 0.3) is 0 Å². The van der Waals surface area contributed by atoms with Gasteiger partial charge in [0, 0.05) is 16.7 Å². The van der Waals surface area contributed by atoms with E-state index in [1.54, 1.807) is 66.7 Å². The van der Waals surface area contributed by atoms with Crippen LogP contribution in [0.1, 0.15) is 43.5 Å². The van der Waals surface area contributed by atoms with Crippen molar-refractivity contribution in [2.45, 2.75) is 11.5 Å². The quantitative estimate of drug-likeness (QED) is 0.686. The van der Waals surface area contributed by atoms with Crippen LogP contribution in [0.15, 0.2) is 78.4 Å². The number of aliphatic hydroxyl groups is 1. The summed E-state index contributed by atoms with van der Waals surface area (Å²) in [6, 6.07) is 19.5. The average Bonchev–Trinajstić information content (AvgIpc) is 3.18. The summed E-state index contributed by atoms with van der Waals surface area (Å²) in [4.78, 5) is 27.0. The second-order valence-corrected chi connectivity index (χ2v) is 7.11. The van der Waals surface area contributed by atoms with E-state index < -0.39 is 17.3 Å². The predicted molar refractivity (Wildman–Crippen MR) is 103 cm³/mol. The van der Waals surface area contributed by atoms with Gasteiger partial charge < -0.3 is 5.11 Å². The number of carbonyl (C=O) groups is 2. The molecule has 1 spiro atoms.